The first-order valence-corrected chi connectivity index (χ1v) is 22.1. The maximum Gasteiger partial charge on any atom is 0.0874 e. The lowest BCUT2D eigenvalue weighted by atomic mass is 9.79. The van der Waals surface area contributed by atoms with Gasteiger partial charge in [0, 0.05) is 11.1 Å². The lowest BCUT2D eigenvalue weighted by Gasteiger charge is -2.24. The minimum atomic E-state index is 0.202. The summed E-state index contributed by atoms with van der Waals surface area (Å²) >= 11 is 0. The van der Waals surface area contributed by atoms with Crippen molar-refractivity contribution in [1.29, 1.82) is 10.8 Å². The fourth-order valence-electron chi connectivity index (χ4n) is 9.81. The van der Waals surface area contributed by atoms with Crippen molar-refractivity contribution in [1.82, 2.24) is 0 Å². The Morgan fingerprint density at radius 3 is 0.875 bits per heavy atom. The molecule has 0 aromatic heterocycles. The Morgan fingerprint density at radius 2 is 0.531 bits per heavy atom. The smallest absolute Gasteiger partial charge is 0.0874 e. The highest BCUT2D eigenvalue weighted by Gasteiger charge is 2.27. The van der Waals surface area contributed by atoms with E-state index in [0.29, 0.717) is 0 Å². The number of rotatable bonds is 6. The van der Waals surface area contributed by atoms with Crippen LogP contribution in [0.2, 0.25) is 0 Å². The number of benzene rings is 10. The first-order valence-electron chi connectivity index (χ1n) is 22.1. The quantitative estimate of drug-likeness (QED) is 0.157. The zero-order valence-electron chi connectivity index (χ0n) is 36.5. The van der Waals surface area contributed by atoms with Gasteiger partial charge in [-0.3, -0.25) is 10.8 Å². The Balaban J connectivity index is 1.11. The average Bonchev–Trinajstić information content (AvgIpc) is 3.31. The van der Waals surface area contributed by atoms with Crippen LogP contribution < -0.4 is 0 Å². The van der Waals surface area contributed by atoms with Crippen molar-refractivity contribution < 1.29 is 0 Å². The van der Waals surface area contributed by atoms with Crippen LogP contribution >= 0.6 is 0 Å². The Labute approximate surface area is 374 Å². The molecule has 0 amide bonds. The highest BCUT2D eigenvalue weighted by atomic mass is 14.6. The van der Waals surface area contributed by atoms with Gasteiger partial charge < -0.3 is 0 Å². The fourth-order valence-corrected chi connectivity index (χ4v) is 9.81. The molecule has 0 saturated carbocycles. The van der Waals surface area contributed by atoms with Crippen LogP contribution in [0.3, 0.4) is 0 Å². The van der Waals surface area contributed by atoms with Crippen LogP contribution in [-0.2, 0) is 0 Å². The number of hydrogen-bond acceptors (Lipinski definition) is 2. The van der Waals surface area contributed by atoms with Gasteiger partial charge >= 0.3 is 0 Å². The van der Waals surface area contributed by atoms with Crippen LogP contribution in [0.15, 0.2) is 194 Å². The molecule has 0 radical (unpaired) electrons. The minimum absolute atomic E-state index is 0.202. The first-order chi connectivity index (χ1) is 31.1. The van der Waals surface area contributed by atoms with Crippen molar-refractivity contribution in [3.63, 3.8) is 0 Å². The number of fused-ring (bicyclic) bond motifs is 4. The van der Waals surface area contributed by atoms with E-state index in [1.807, 2.05) is 0 Å². The van der Waals surface area contributed by atoms with Gasteiger partial charge in [0.15, 0.2) is 0 Å². The molecule has 1 aliphatic carbocycles. The Hall–Kier alpha value is -7.94. The van der Waals surface area contributed by atoms with E-state index in [0.717, 1.165) is 66.8 Å². The Bertz CT molecular complexity index is 3450. The normalized spacial score (nSPS) is 12.9. The van der Waals surface area contributed by atoms with E-state index in [1.54, 1.807) is 0 Å². The van der Waals surface area contributed by atoms with Gasteiger partial charge in [-0.1, -0.05) is 192 Å². The van der Waals surface area contributed by atoms with Gasteiger partial charge in [-0.15, -0.1) is 0 Å². The van der Waals surface area contributed by atoms with E-state index >= 15 is 0 Å². The fraction of sp³-hybridized carbons (Fsp3) is 0.0645. The van der Waals surface area contributed by atoms with Gasteiger partial charge in [0.2, 0.25) is 0 Å². The van der Waals surface area contributed by atoms with E-state index in [2.05, 4.69) is 222 Å². The van der Waals surface area contributed by atoms with Crippen molar-refractivity contribution in [2.45, 2.75) is 27.7 Å². The number of nitrogens with one attached hydrogen (secondary N) is 2. The largest absolute Gasteiger partial charge is 0.298 e. The molecule has 10 aromatic rings. The molecule has 0 heterocycles. The molecule has 0 bridgehead atoms. The van der Waals surface area contributed by atoms with Gasteiger partial charge in [-0.05, 0) is 151 Å². The number of hydrogen-bond donors (Lipinski definition) is 2. The van der Waals surface area contributed by atoms with Gasteiger partial charge in [-0.25, -0.2) is 0 Å². The molecule has 0 aliphatic heterocycles. The van der Waals surface area contributed by atoms with Crippen LogP contribution in [0.1, 0.15) is 33.4 Å². The van der Waals surface area contributed by atoms with Crippen LogP contribution in [0.4, 0.5) is 0 Å². The summed E-state index contributed by atoms with van der Waals surface area (Å²) in [5.74, 6) is 0. The summed E-state index contributed by atoms with van der Waals surface area (Å²) in [6, 6.07) is 66.0. The molecular weight excluding hydrogens is 773 g/mol. The lowest BCUT2D eigenvalue weighted by molar-refractivity contribution is 1.47. The molecule has 2 N–H and O–H groups in total. The Morgan fingerprint density at radius 1 is 0.266 bits per heavy atom. The molecule has 0 atom stereocenters. The second kappa shape index (κ2) is 15.4. The molecule has 0 spiro atoms. The molecule has 11 rings (SSSR count). The van der Waals surface area contributed by atoms with Gasteiger partial charge in [0.1, 0.15) is 0 Å². The molecule has 2 heteroatoms. The maximum absolute atomic E-state index is 9.88. The molecule has 10 aromatic carbocycles. The SMILES string of the molecule is Cc1ccc2cc(-c3cccc(C4=CC=C(c5cccc(-c6ccc7cc(C)ccc7c6)c5-c5ccc6cc(C)ccc6c5)C(=N)C4=N)c3-c3ccc4cc(C)ccc4c3)ccc2c1. The third kappa shape index (κ3) is 6.85. The molecule has 2 nitrogen and oxygen atoms in total. The molecule has 304 valence electrons. The van der Waals surface area contributed by atoms with Crippen LogP contribution in [0.25, 0.3) is 98.7 Å². The van der Waals surface area contributed by atoms with Crippen molar-refractivity contribution in [3.05, 3.63) is 228 Å². The molecule has 1 aliphatic rings. The van der Waals surface area contributed by atoms with E-state index in [-0.39, 0.29) is 11.4 Å². The number of aryl methyl sites for hydroxylation is 4. The van der Waals surface area contributed by atoms with E-state index in [4.69, 9.17) is 0 Å². The van der Waals surface area contributed by atoms with Crippen LogP contribution in [0.5, 0.6) is 0 Å². The van der Waals surface area contributed by atoms with Crippen molar-refractivity contribution >= 4 is 65.7 Å². The van der Waals surface area contributed by atoms with E-state index in [1.165, 1.54) is 65.3 Å². The highest BCUT2D eigenvalue weighted by Crippen LogP contribution is 2.45. The second-order valence-corrected chi connectivity index (χ2v) is 17.6. The summed E-state index contributed by atoms with van der Waals surface area (Å²) in [6.45, 7) is 8.53. The first kappa shape index (κ1) is 38.9. The average molecular weight is 819 g/mol. The van der Waals surface area contributed by atoms with Crippen molar-refractivity contribution in [2.75, 3.05) is 0 Å². The second-order valence-electron chi connectivity index (χ2n) is 17.6. The van der Waals surface area contributed by atoms with Crippen molar-refractivity contribution in [3.8, 4) is 44.5 Å². The van der Waals surface area contributed by atoms with Crippen molar-refractivity contribution in [2.24, 2.45) is 0 Å². The van der Waals surface area contributed by atoms with Gasteiger partial charge in [0.25, 0.3) is 0 Å². The monoisotopic (exact) mass is 818 g/mol. The summed E-state index contributed by atoms with van der Waals surface area (Å²) in [5, 5.41) is 29.3. The van der Waals surface area contributed by atoms with Crippen LogP contribution in [0, 0.1) is 38.5 Å². The third-order valence-corrected chi connectivity index (χ3v) is 13.1. The summed E-state index contributed by atoms with van der Waals surface area (Å²) < 4.78 is 0. The summed E-state index contributed by atoms with van der Waals surface area (Å²) in [6.07, 6.45) is 4.15. The zero-order valence-corrected chi connectivity index (χ0v) is 36.5. The maximum atomic E-state index is 9.88. The van der Waals surface area contributed by atoms with Gasteiger partial charge in [-0.2, -0.15) is 0 Å². The van der Waals surface area contributed by atoms with E-state index in [9.17, 15) is 10.8 Å². The molecule has 0 saturated heterocycles. The molecule has 64 heavy (non-hydrogen) atoms. The minimum Gasteiger partial charge on any atom is -0.298 e. The molecular formula is C62H46N2. The summed E-state index contributed by atoms with van der Waals surface area (Å²) in [7, 11) is 0. The predicted molar refractivity (Wildman–Crippen MR) is 275 cm³/mol. The molecule has 0 unspecified atom stereocenters. The zero-order chi connectivity index (χ0) is 43.6. The Kier molecular flexibility index (Phi) is 9.40. The highest BCUT2D eigenvalue weighted by molar-refractivity contribution is 6.68. The third-order valence-electron chi connectivity index (χ3n) is 13.1. The van der Waals surface area contributed by atoms with Crippen LogP contribution in [-0.4, -0.2) is 11.4 Å². The summed E-state index contributed by atoms with van der Waals surface area (Å²) in [5.41, 5.74) is 17.3. The van der Waals surface area contributed by atoms with Gasteiger partial charge in [0.05, 0.1) is 11.4 Å². The summed E-state index contributed by atoms with van der Waals surface area (Å²) in [4.78, 5) is 0. The number of allylic oxidation sites excluding steroid dienone is 4. The lowest BCUT2D eigenvalue weighted by Crippen LogP contribution is -2.19. The standard InChI is InChI=1S/C62H46N2/c1-37-11-15-45-33-49(23-19-41(45)29-37)53-7-5-9-55(59(53)51-25-21-43-31-39(3)13-17-47(43)35-51)57-27-28-58(62(64)61(57)63)56-10-6-8-54(50-24-20-42-30-38(2)12-16-46(42)34-50)60(56)52-26-22-44-32-40(4)14-18-48(44)36-52/h5-36,63-64H,1-4H3. The molecule has 0 fully saturated rings. The van der Waals surface area contributed by atoms with E-state index < -0.39 is 0 Å². The predicted octanol–water partition coefficient (Wildman–Crippen LogP) is 16.7. The topological polar surface area (TPSA) is 47.7 Å².